The van der Waals surface area contributed by atoms with Gasteiger partial charge in [0, 0.05) is 25.2 Å². The second kappa shape index (κ2) is 7.29. The molecule has 1 saturated heterocycles. The first-order valence-corrected chi connectivity index (χ1v) is 7.84. The van der Waals surface area contributed by atoms with Crippen molar-refractivity contribution in [1.82, 2.24) is 10.2 Å². The van der Waals surface area contributed by atoms with E-state index < -0.39 is 5.60 Å². The fraction of sp³-hybridized carbons (Fsp3) is 0.500. The molecule has 126 valence electrons. The minimum atomic E-state index is -1.60. The maximum Gasteiger partial charge on any atom is 0.259 e. The standard InChI is InChI=1S/C16H21ClN2O4/c1-3-16(22,11-5-4-6-12(17)7-11)15(21)19-8-13(9-19)18-14(20)10-23-2/h4-7,13,22H,3,8-10H2,1-2H3,(H,18,20)/t16-/m0/s1. The molecular weight excluding hydrogens is 320 g/mol. The summed E-state index contributed by atoms with van der Waals surface area (Å²) in [6.45, 7) is 2.48. The number of carbonyl (C=O) groups excluding carboxylic acids is 2. The third-order valence-electron chi connectivity index (χ3n) is 3.98. The van der Waals surface area contributed by atoms with Gasteiger partial charge in [-0.2, -0.15) is 0 Å². The van der Waals surface area contributed by atoms with E-state index in [9.17, 15) is 14.7 Å². The first-order chi connectivity index (χ1) is 10.9. The molecule has 0 aromatic heterocycles. The highest BCUT2D eigenvalue weighted by atomic mass is 35.5. The lowest BCUT2D eigenvalue weighted by atomic mass is 9.88. The first-order valence-electron chi connectivity index (χ1n) is 7.46. The fourth-order valence-electron chi connectivity index (χ4n) is 2.62. The largest absolute Gasteiger partial charge is 0.375 e. The number of hydrogen-bond acceptors (Lipinski definition) is 4. The van der Waals surface area contributed by atoms with E-state index in [4.69, 9.17) is 16.3 Å². The van der Waals surface area contributed by atoms with Gasteiger partial charge in [-0.25, -0.2) is 0 Å². The average molecular weight is 341 g/mol. The number of benzene rings is 1. The van der Waals surface area contributed by atoms with Gasteiger partial charge in [0.25, 0.3) is 5.91 Å². The molecule has 1 fully saturated rings. The SMILES string of the molecule is CC[C@@](O)(C(=O)N1CC(NC(=O)COC)C1)c1cccc(Cl)c1. The van der Waals surface area contributed by atoms with Crippen LogP contribution in [0.1, 0.15) is 18.9 Å². The quantitative estimate of drug-likeness (QED) is 0.807. The Labute approximate surface area is 140 Å². The second-order valence-corrected chi connectivity index (χ2v) is 6.07. The number of ether oxygens (including phenoxy) is 1. The third-order valence-corrected chi connectivity index (χ3v) is 4.21. The summed E-state index contributed by atoms with van der Waals surface area (Å²) in [7, 11) is 1.45. The van der Waals surface area contributed by atoms with Gasteiger partial charge >= 0.3 is 0 Å². The molecule has 0 saturated carbocycles. The zero-order chi connectivity index (χ0) is 17.0. The molecule has 6 nitrogen and oxygen atoms in total. The number of aliphatic hydroxyl groups is 1. The molecule has 0 aliphatic carbocycles. The summed E-state index contributed by atoms with van der Waals surface area (Å²) in [5.41, 5.74) is -1.13. The Bertz CT molecular complexity index is 589. The zero-order valence-electron chi connectivity index (χ0n) is 13.2. The third kappa shape index (κ3) is 3.83. The molecule has 0 unspecified atom stereocenters. The molecule has 1 aliphatic heterocycles. The lowest BCUT2D eigenvalue weighted by Crippen LogP contribution is -2.64. The van der Waals surface area contributed by atoms with Crippen LogP contribution < -0.4 is 5.32 Å². The summed E-state index contributed by atoms with van der Waals surface area (Å²) in [5.74, 6) is -0.593. The van der Waals surface area contributed by atoms with Gasteiger partial charge in [-0.3, -0.25) is 9.59 Å². The lowest BCUT2D eigenvalue weighted by Gasteiger charge is -2.43. The number of nitrogens with zero attached hydrogens (tertiary/aromatic N) is 1. The van der Waals surface area contributed by atoms with E-state index in [1.54, 1.807) is 31.2 Å². The Morgan fingerprint density at radius 3 is 2.74 bits per heavy atom. The molecule has 7 heteroatoms. The molecule has 0 spiro atoms. The van der Waals surface area contributed by atoms with Crippen molar-refractivity contribution < 1.29 is 19.4 Å². The summed E-state index contributed by atoms with van der Waals surface area (Å²) in [6, 6.07) is 6.57. The zero-order valence-corrected chi connectivity index (χ0v) is 14.0. The monoisotopic (exact) mass is 340 g/mol. The summed E-state index contributed by atoms with van der Waals surface area (Å²) >= 11 is 5.95. The molecule has 1 atom stereocenters. The number of rotatable bonds is 6. The summed E-state index contributed by atoms with van der Waals surface area (Å²) in [4.78, 5) is 25.6. The van der Waals surface area contributed by atoms with E-state index in [1.165, 1.54) is 12.0 Å². The second-order valence-electron chi connectivity index (χ2n) is 5.63. The Morgan fingerprint density at radius 1 is 1.48 bits per heavy atom. The number of carbonyl (C=O) groups is 2. The molecule has 2 rings (SSSR count). The van der Waals surface area contributed by atoms with Crippen LogP contribution in [0.5, 0.6) is 0 Å². The van der Waals surface area contributed by atoms with E-state index >= 15 is 0 Å². The van der Waals surface area contributed by atoms with Gasteiger partial charge in [-0.05, 0) is 24.1 Å². The molecule has 0 bridgehead atoms. The molecule has 2 N–H and O–H groups in total. The van der Waals surface area contributed by atoms with Gasteiger partial charge in [0.1, 0.15) is 6.61 Å². The van der Waals surface area contributed by atoms with Crippen molar-refractivity contribution in [1.29, 1.82) is 0 Å². The van der Waals surface area contributed by atoms with E-state index in [0.29, 0.717) is 23.7 Å². The Balaban J connectivity index is 2.01. The normalized spacial score (nSPS) is 17.3. The van der Waals surface area contributed by atoms with Gasteiger partial charge in [0.05, 0.1) is 6.04 Å². The maximum atomic E-state index is 12.6. The highest BCUT2D eigenvalue weighted by molar-refractivity contribution is 6.30. The van der Waals surface area contributed by atoms with Crippen molar-refractivity contribution >= 4 is 23.4 Å². The van der Waals surface area contributed by atoms with Gasteiger partial charge in [0.15, 0.2) is 5.60 Å². The topological polar surface area (TPSA) is 78.9 Å². The Kier molecular flexibility index (Phi) is 5.62. The van der Waals surface area contributed by atoms with Gasteiger partial charge in [-0.1, -0.05) is 30.7 Å². The van der Waals surface area contributed by atoms with Crippen molar-refractivity contribution in [2.75, 3.05) is 26.8 Å². The predicted octanol–water partition coefficient (Wildman–Crippen LogP) is 0.911. The van der Waals surface area contributed by atoms with Crippen molar-refractivity contribution in [2.24, 2.45) is 0 Å². The van der Waals surface area contributed by atoms with Crippen LogP contribution in [-0.2, 0) is 19.9 Å². The molecule has 1 aromatic rings. The van der Waals surface area contributed by atoms with Crippen molar-refractivity contribution in [3.8, 4) is 0 Å². The summed E-state index contributed by atoms with van der Waals surface area (Å²) in [5, 5.41) is 14.0. The minimum absolute atomic E-state index is 0.00808. The molecule has 0 radical (unpaired) electrons. The molecule has 23 heavy (non-hydrogen) atoms. The van der Waals surface area contributed by atoms with E-state index in [-0.39, 0.29) is 30.9 Å². The van der Waals surface area contributed by atoms with Crippen LogP contribution in [0.25, 0.3) is 0 Å². The smallest absolute Gasteiger partial charge is 0.259 e. The maximum absolute atomic E-state index is 12.6. The van der Waals surface area contributed by atoms with Gasteiger partial charge in [0.2, 0.25) is 5.91 Å². The molecule has 1 heterocycles. The number of hydrogen-bond donors (Lipinski definition) is 2. The van der Waals surface area contributed by atoms with E-state index in [0.717, 1.165) is 0 Å². The van der Waals surface area contributed by atoms with Crippen LogP contribution in [0, 0.1) is 0 Å². The van der Waals surface area contributed by atoms with Crippen LogP contribution in [0.4, 0.5) is 0 Å². The van der Waals surface area contributed by atoms with Crippen LogP contribution in [0.3, 0.4) is 0 Å². The van der Waals surface area contributed by atoms with Crippen LogP contribution >= 0.6 is 11.6 Å². The average Bonchev–Trinajstić information content (AvgIpc) is 2.49. The van der Waals surface area contributed by atoms with Gasteiger partial charge in [-0.15, -0.1) is 0 Å². The lowest BCUT2D eigenvalue weighted by molar-refractivity contribution is -0.159. The number of methoxy groups -OCH3 is 1. The summed E-state index contributed by atoms with van der Waals surface area (Å²) < 4.78 is 4.74. The number of halogens is 1. The van der Waals surface area contributed by atoms with Gasteiger partial charge < -0.3 is 20.1 Å². The number of likely N-dealkylation sites (tertiary alicyclic amines) is 1. The van der Waals surface area contributed by atoms with Crippen molar-refractivity contribution in [3.63, 3.8) is 0 Å². The fourth-order valence-corrected chi connectivity index (χ4v) is 2.81. The predicted molar refractivity (Wildman–Crippen MR) is 86.0 cm³/mol. The molecule has 1 aliphatic rings. The summed E-state index contributed by atoms with van der Waals surface area (Å²) in [6.07, 6.45) is 0.239. The highest BCUT2D eigenvalue weighted by Gasteiger charge is 2.44. The van der Waals surface area contributed by atoms with E-state index in [1.807, 2.05) is 0 Å². The highest BCUT2D eigenvalue weighted by Crippen LogP contribution is 2.30. The molecular formula is C16H21ClN2O4. The Hall–Kier alpha value is -1.63. The molecule has 1 aromatic carbocycles. The van der Waals surface area contributed by atoms with Crippen LogP contribution in [-0.4, -0.2) is 54.7 Å². The van der Waals surface area contributed by atoms with E-state index in [2.05, 4.69) is 5.32 Å². The number of amides is 2. The van der Waals surface area contributed by atoms with Crippen LogP contribution in [0.15, 0.2) is 24.3 Å². The van der Waals surface area contributed by atoms with Crippen molar-refractivity contribution in [3.05, 3.63) is 34.9 Å². The molecule has 2 amide bonds. The van der Waals surface area contributed by atoms with Crippen molar-refractivity contribution in [2.45, 2.75) is 25.0 Å². The van der Waals surface area contributed by atoms with Crippen LogP contribution in [0.2, 0.25) is 5.02 Å². The Morgan fingerprint density at radius 2 is 2.17 bits per heavy atom. The minimum Gasteiger partial charge on any atom is -0.375 e. The number of nitrogens with one attached hydrogen (secondary N) is 1. The first kappa shape index (κ1) is 17.7.